The van der Waals surface area contributed by atoms with Gasteiger partial charge in [0, 0.05) is 12.8 Å². The summed E-state index contributed by atoms with van der Waals surface area (Å²) < 4.78 is 0. The normalized spacial score (nSPS) is 14.8. The van der Waals surface area contributed by atoms with Crippen molar-refractivity contribution in [3.63, 3.8) is 0 Å². The minimum absolute atomic E-state index is 0.245. The Labute approximate surface area is 163 Å². The van der Waals surface area contributed by atoms with Crippen LogP contribution in [0.3, 0.4) is 0 Å². The Bertz CT molecular complexity index is 445. The number of hydrogen-bond donors (Lipinski definition) is 7. The lowest BCUT2D eigenvalue weighted by Gasteiger charge is -2.23. The minimum atomic E-state index is -1.86. The molecule has 10 nitrogen and oxygen atoms in total. The Balaban J connectivity index is 0. The molecule has 0 saturated heterocycles. The van der Waals surface area contributed by atoms with Gasteiger partial charge in [-0.3, -0.25) is 14.4 Å². The number of rotatable bonds is 15. The fourth-order valence-electron chi connectivity index (χ4n) is 2.07. The number of ketones is 1. The van der Waals surface area contributed by atoms with Gasteiger partial charge in [-0.2, -0.15) is 0 Å². The molecule has 0 aromatic heterocycles. The number of carboxylic acid groups (broad SMARTS) is 2. The quantitative estimate of drug-likeness (QED) is 0.137. The summed E-state index contributed by atoms with van der Waals surface area (Å²) >= 11 is 0. The molecule has 10 heteroatoms. The SMILES string of the molecule is C=CC(=O)C(O)C(O)C(O)C(O)CO.O=C(O)CCCCCCCCC(=O)O. The van der Waals surface area contributed by atoms with Gasteiger partial charge in [-0.1, -0.05) is 32.3 Å². The van der Waals surface area contributed by atoms with E-state index in [-0.39, 0.29) is 12.8 Å². The molecule has 0 saturated carbocycles. The summed E-state index contributed by atoms with van der Waals surface area (Å²) in [6.07, 6.45) is -0.514. The predicted molar refractivity (Wildman–Crippen MR) is 98.5 cm³/mol. The molecule has 0 rings (SSSR count). The standard InChI is InChI=1S/C10H18O4.C8H14O6/c11-9(12)7-5-3-1-2-4-6-8-10(13)14;1-2-4(10)6(12)8(14)7(13)5(11)3-9/h1-8H2,(H,11,12)(H,13,14);2,5-9,11-14H,1,3H2. The van der Waals surface area contributed by atoms with Crippen molar-refractivity contribution in [1.29, 1.82) is 0 Å². The van der Waals surface area contributed by atoms with Crippen LogP contribution in [-0.2, 0) is 14.4 Å². The fraction of sp³-hybridized carbons (Fsp3) is 0.722. The van der Waals surface area contributed by atoms with E-state index in [9.17, 15) is 14.4 Å². The maximum atomic E-state index is 10.8. The molecule has 0 aliphatic carbocycles. The lowest BCUT2D eigenvalue weighted by molar-refractivity contribution is -0.142. The van der Waals surface area contributed by atoms with Crippen LogP contribution in [-0.4, -0.2) is 84.5 Å². The Kier molecular flexibility index (Phi) is 17.5. The molecule has 0 radical (unpaired) electrons. The van der Waals surface area contributed by atoms with Crippen LogP contribution >= 0.6 is 0 Å². The van der Waals surface area contributed by atoms with Crippen molar-refractivity contribution < 1.29 is 50.1 Å². The van der Waals surface area contributed by atoms with E-state index in [1.165, 1.54) is 0 Å². The molecule has 0 fully saturated rings. The van der Waals surface area contributed by atoms with Gasteiger partial charge in [0.05, 0.1) is 6.61 Å². The molecule has 0 bridgehead atoms. The second kappa shape index (κ2) is 17.3. The van der Waals surface area contributed by atoms with Crippen molar-refractivity contribution in [3.05, 3.63) is 12.7 Å². The smallest absolute Gasteiger partial charge is 0.303 e. The highest BCUT2D eigenvalue weighted by Gasteiger charge is 2.32. The van der Waals surface area contributed by atoms with Crippen LogP contribution in [0.2, 0.25) is 0 Å². The molecule has 0 aliphatic heterocycles. The Morgan fingerprint density at radius 2 is 1.14 bits per heavy atom. The number of aliphatic carboxylic acids is 2. The minimum Gasteiger partial charge on any atom is -0.481 e. The van der Waals surface area contributed by atoms with E-state index < -0.39 is 48.7 Å². The Morgan fingerprint density at radius 3 is 1.46 bits per heavy atom. The molecule has 4 unspecified atom stereocenters. The zero-order valence-corrected chi connectivity index (χ0v) is 15.8. The highest BCUT2D eigenvalue weighted by atomic mass is 16.4. The van der Waals surface area contributed by atoms with Crippen LogP contribution in [0.15, 0.2) is 12.7 Å². The number of carbonyl (C=O) groups excluding carboxylic acids is 1. The van der Waals surface area contributed by atoms with Crippen LogP contribution in [0.5, 0.6) is 0 Å². The first-order chi connectivity index (χ1) is 13.1. The molecular formula is C18H32O10. The van der Waals surface area contributed by atoms with Gasteiger partial charge in [-0.15, -0.1) is 0 Å². The zero-order chi connectivity index (χ0) is 22.1. The molecule has 0 aromatic rings. The summed E-state index contributed by atoms with van der Waals surface area (Å²) in [4.78, 5) is 31.1. The summed E-state index contributed by atoms with van der Waals surface area (Å²) in [7, 11) is 0. The van der Waals surface area contributed by atoms with Crippen molar-refractivity contribution in [2.75, 3.05) is 6.61 Å². The van der Waals surface area contributed by atoms with Crippen LogP contribution in [0.25, 0.3) is 0 Å². The maximum absolute atomic E-state index is 10.8. The van der Waals surface area contributed by atoms with E-state index in [1.54, 1.807) is 0 Å². The van der Waals surface area contributed by atoms with Crippen molar-refractivity contribution in [2.45, 2.75) is 75.8 Å². The van der Waals surface area contributed by atoms with Crippen LogP contribution < -0.4 is 0 Å². The van der Waals surface area contributed by atoms with Gasteiger partial charge in [0.15, 0.2) is 5.78 Å². The third-order valence-electron chi connectivity index (χ3n) is 3.78. The molecule has 0 aliphatic rings. The van der Waals surface area contributed by atoms with E-state index in [2.05, 4.69) is 6.58 Å². The van der Waals surface area contributed by atoms with E-state index >= 15 is 0 Å². The van der Waals surface area contributed by atoms with Gasteiger partial charge >= 0.3 is 11.9 Å². The molecule has 7 N–H and O–H groups in total. The summed E-state index contributed by atoms with van der Waals surface area (Å²) in [5.74, 6) is -2.35. The number of unbranched alkanes of at least 4 members (excludes halogenated alkanes) is 5. The predicted octanol–water partition coefficient (Wildman–Crippen LogP) is -0.546. The topological polar surface area (TPSA) is 193 Å². The second-order valence-electron chi connectivity index (χ2n) is 6.19. The average molecular weight is 408 g/mol. The highest BCUT2D eigenvalue weighted by molar-refractivity contribution is 5.93. The molecule has 164 valence electrons. The molecule has 0 amide bonds. The molecule has 28 heavy (non-hydrogen) atoms. The van der Waals surface area contributed by atoms with E-state index in [1.807, 2.05) is 0 Å². The van der Waals surface area contributed by atoms with Gasteiger partial charge in [0.25, 0.3) is 0 Å². The van der Waals surface area contributed by atoms with Crippen LogP contribution in [0, 0.1) is 0 Å². The van der Waals surface area contributed by atoms with Gasteiger partial charge in [0.1, 0.15) is 24.4 Å². The third-order valence-corrected chi connectivity index (χ3v) is 3.78. The van der Waals surface area contributed by atoms with E-state index in [0.717, 1.165) is 44.6 Å². The summed E-state index contributed by atoms with van der Waals surface area (Å²) in [6.45, 7) is 2.29. The van der Waals surface area contributed by atoms with E-state index in [0.29, 0.717) is 0 Å². The second-order valence-corrected chi connectivity index (χ2v) is 6.19. The Hall–Kier alpha value is -1.85. The number of hydrogen-bond acceptors (Lipinski definition) is 8. The van der Waals surface area contributed by atoms with Crippen molar-refractivity contribution in [1.82, 2.24) is 0 Å². The van der Waals surface area contributed by atoms with Crippen molar-refractivity contribution in [2.24, 2.45) is 0 Å². The highest BCUT2D eigenvalue weighted by Crippen LogP contribution is 2.08. The number of aliphatic hydroxyl groups is 5. The molecule has 0 spiro atoms. The van der Waals surface area contributed by atoms with Crippen molar-refractivity contribution >= 4 is 17.7 Å². The number of carboxylic acids is 2. The lowest BCUT2D eigenvalue weighted by Crippen LogP contribution is -2.48. The van der Waals surface area contributed by atoms with Crippen molar-refractivity contribution in [3.8, 4) is 0 Å². The first kappa shape index (κ1) is 28.4. The fourth-order valence-corrected chi connectivity index (χ4v) is 2.07. The summed E-state index contributed by atoms with van der Waals surface area (Å²) in [6, 6.07) is 0. The van der Waals surface area contributed by atoms with Crippen LogP contribution in [0.4, 0.5) is 0 Å². The van der Waals surface area contributed by atoms with Crippen LogP contribution in [0.1, 0.15) is 51.4 Å². The first-order valence-electron chi connectivity index (χ1n) is 9.01. The van der Waals surface area contributed by atoms with Gasteiger partial charge in [-0.25, -0.2) is 0 Å². The van der Waals surface area contributed by atoms with Gasteiger partial charge in [0.2, 0.25) is 0 Å². The van der Waals surface area contributed by atoms with E-state index in [4.69, 9.17) is 35.7 Å². The molecular weight excluding hydrogens is 376 g/mol. The van der Waals surface area contributed by atoms with Gasteiger partial charge in [-0.05, 0) is 18.9 Å². The maximum Gasteiger partial charge on any atom is 0.303 e. The number of aliphatic hydroxyl groups excluding tert-OH is 5. The summed E-state index contributed by atoms with van der Waals surface area (Å²) in [5.41, 5.74) is 0. The summed E-state index contributed by atoms with van der Waals surface area (Å²) in [5, 5.41) is 61.3. The first-order valence-corrected chi connectivity index (χ1v) is 9.01. The Morgan fingerprint density at radius 1 is 0.750 bits per heavy atom. The third kappa shape index (κ3) is 15.2. The molecule has 0 heterocycles. The monoisotopic (exact) mass is 408 g/mol. The molecule has 4 atom stereocenters. The largest absolute Gasteiger partial charge is 0.481 e. The average Bonchev–Trinajstić information content (AvgIpc) is 2.66. The zero-order valence-electron chi connectivity index (χ0n) is 15.8. The van der Waals surface area contributed by atoms with Gasteiger partial charge < -0.3 is 35.7 Å². The lowest BCUT2D eigenvalue weighted by atomic mass is 10.0. The number of carbonyl (C=O) groups is 3. The molecule has 0 aromatic carbocycles.